The summed E-state index contributed by atoms with van der Waals surface area (Å²) in [6.07, 6.45) is 0.0389. The van der Waals surface area contributed by atoms with Crippen molar-refractivity contribution in [2.75, 3.05) is 24.5 Å². The quantitative estimate of drug-likeness (QED) is 0.363. The Morgan fingerprint density at radius 1 is 1.13 bits per heavy atom. The molecule has 2 aromatic rings. The second-order valence-electron chi connectivity index (χ2n) is 8.14. The Bertz CT molecular complexity index is 957. The molecule has 0 spiro atoms. The van der Waals surface area contributed by atoms with Crippen LogP contribution in [-0.2, 0) is 20.9 Å². The summed E-state index contributed by atoms with van der Waals surface area (Å²) < 4.78 is 15.8. The van der Waals surface area contributed by atoms with Crippen LogP contribution >= 0.6 is 0 Å². The van der Waals surface area contributed by atoms with Gasteiger partial charge in [0.2, 0.25) is 0 Å². The first kappa shape index (κ1) is 24.2. The van der Waals surface area contributed by atoms with Crippen LogP contribution in [0, 0.1) is 0 Å². The molecule has 1 heterocycles. The van der Waals surface area contributed by atoms with E-state index in [0.29, 0.717) is 24.1 Å². The minimum atomic E-state index is -0.569. The Labute approximate surface area is 182 Å². The van der Waals surface area contributed by atoms with Gasteiger partial charge in [-0.05, 0) is 53.2 Å². The number of carbonyl (C=O) groups excluding carboxylic acids is 2. The van der Waals surface area contributed by atoms with Gasteiger partial charge < -0.3 is 24.1 Å². The molecule has 1 amide bonds. The van der Waals surface area contributed by atoms with E-state index in [1.807, 2.05) is 18.2 Å². The van der Waals surface area contributed by atoms with Crippen LogP contribution in [0.5, 0.6) is 0 Å². The standard InChI is InChI=1S/C23H32N2O6/c1-6-25(7-2)17-10-11-18-16(13-21(27)30-19(18)14-17)15-29-20(26)9-8-12-24-22(28)31-23(3,4)5/h10-11,13-14H,6-9,12,15H2,1-5H3,(H,24,28). The molecule has 0 radical (unpaired) electrons. The van der Waals surface area contributed by atoms with E-state index < -0.39 is 23.3 Å². The second kappa shape index (κ2) is 10.8. The van der Waals surface area contributed by atoms with Crippen molar-refractivity contribution in [1.29, 1.82) is 0 Å². The first-order valence-corrected chi connectivity index (χ1v) is 10.6. The molecule has 8 nitrogen and oxygen atoms in total. The van der Waals surface area contributed by atoms with Gasteiger partial charge in [-0.2, -0.15) is 0 Å². The number of hydrogen-bond donors (Lipinski definition) is 1. The van der Waals surface area contributed by atoms with E-state index in [-0.39, 0.29) is 13.0 Å². The van der Waals surface area contributed by atoms with Gasteiger partial charge in [0.1, 0.15) is 17.8 Å². The zero-order valence-corrected chi connectivity index (χ0v) is 18.9. The molecule has 0 unspecified atom stereocenters. The fourth-order valence-electron chi connectivity index (χ4n) is 3.09. The molecule has 1 aromatic carbocycles. The smallest absolute Gasteiger partial charge is 0.407 e. The average molecular weight is 433 g/mol. The van der Waals surface area contributed by atoms with Gasteiger partial charge in [-0.15, -0.1) is 0 Å². The Morgan fingerprint density at radius 3 is 2.48 bits per heavy atom. The van der Waals surface area contributed by atoms with Gasteiger partial charge in [-0.3, -0.25) is 4.79 Å². The first-order chi connectivity index (χ1) is 14.6. The second-order valence-corrected chi connectivity index (χ2v) is 8.14. The molecular formula is C23H32N2O6. The van der Waals surface area contributed by atoms with Crippen molar-refractivity contribution >= 4 is 28.7 Å². The Hall–Kier alpha value is -3.03. The number of nitrogens with zero attached hydrogens (tertiary/aromatic N) is 1. The molecule has 0 fully saturated rings. The third kappa shape index (κ3) is 7.62. The predicted octanol–water partition coefficient (Wildman–Crippen LogP) is 3.99. The number of fused-ring (bicyclic) bond motifs is 1. The van der Waals surface area contributed by atoms with Crippen LogP contribution in [0.4, 0.5) is 10.5 Å². The molecule has 170 valence electrons. The lowest BCUT2D eigenvalue weighted by Crippen LogP contribution is -2.33. The van der Waals surface area contributed by atoms with E-state index in [1.54, 1.807) is 20.8 Å². The first-order valence-electron chi connectivity index (χ1n) is 10.6. The van der Waals surface area contributed by atoms with E-state index in [9.17, 15) is 14.4 Å². The molecule has 1 N–H and O–H groups in total. The predicted molar refractivity (Wildman–Crippen MR) is 119 cm³/mol. The monoisotopic (exact) mass is 432 g/mol. The van der Waals surface area contributed by atoms with Crippen molar-refractivity contribution in [3.05, 3.63) is 40.2 Å². The molecule has 2 rings (SSSR count). The lowest BCUT2D eigenvalue weighted by atomic mass is 10.1. The Kier molecular flexibility index (Phi) is 8.47. The largest absolute Gasteiger partial charge is 0.461 e. The Morgan fingerprint density at radius 2 is 1.84 bits per heavy atom. The molecule has 31 heavy (non-hydrogen) atoms. The SMILES string of the molecule is CCN(CC)c1ccc2c(COC(=O)CCCNC(=O)OC(C)(C)C)cc(=O)oc2c1. The van der Waals surface area contributed by atoms with Crippen LogP contribution in [0.25, 0.3) is 11.0 Å². The van der Waals surface area contributed by atoms with Crippen molar-refractivity contribution in [2.24, 2.45) is 0 Å². The summed E-state index contributed by atoms with van der Waals surface area (Å²) in [4.78, 5) is 37.8. The number of hydrogen-bond acceptors (Lipinski definition) is 7. The summed E-state index contributed by atoms with van der Waals surface area (Å²) in [5.74, 6) is -0.410. The molecule has 0 bridgehead atoms. The third-order valence-corrected chi connectivity index (χ3v) is 4.56. The highest BCUT2D eigenvalue weighted by molar-refractivity contribution is 5.84. The lowest BCUT2D eigenvalue weighted by molar-refractivity contribution is -0.145. The highest BCUT2D eigenvalue weighted by atomic mass is 16.6. The van der Waals surface area contributed by atoms with Crippen molar-refractivity contribution < 1.29 is 23.5 Å². The highest BCUT2D eigenvalue weighted by Crippen LogP contribution is 2.24. The van der Waals surface area contributed by atoms with Crippen molar-refractivity contribution in [3.8, 4) is 0 Å². The van der Waals surface area contributed by atoms with Gasteiger partial charge in [0.25, 0.3) is 0 Å². The molecule has 8 heteroatoms. The fraction of sp³-hybridized carbons (Fsp3) is 0.522. The zero-order chi connectivity index (χ0) is 23.0. The van der Waals surface area contributed by atoms with Crippen LogP contribution in [0.15, 0.2) is 33.5 Å². The summed E-state index contributed by atoms with van der Waals surface area (Å²) in [5, 5.41) is 3.33. The number of rotatable bonds is 9. The van der Waals surface area contributed by atoms with Crippen LogP contribution < -0.4 is 15.8 Å². The molecule has 0 aliphatic heterocycles. The van der Waals surface area contributed by atoms with Gasteiger partial charge in [-0.1, -0.05) is 0 Å². The maximum absolute atomic E-state index is 12.1. The molecule has 0 atom stereocenters. The van der Waals surface area contributed by atoms with Crippen molar-refractivity contribution in [3.63, 3.8) is 0 Å². The van der Waals surface area contributed by atoms with Crippen LogP contribution in [0.3, 0.4) is 0 Å². The van der Waals surface area contributed by atoms with E-state index in [2.05, 4.69) is 24.1 Å². The molecular weight excluding hydrogens is 400 g/mol. The van der Waals surface area contributed by atoms with Crippen LogP contribution in [-0.4, -0.2) is 37.3 Å². The van der Waals surface area contributed by atoms with Crippen molar-refractivity contribution in [1.82, 2.24) is 5.32 Å². The molecule has 0 aliphatic carbocycles. The van der Waals surface area contributed by atoms with E-state index in [4.69, 9.17) is 13.9 Å². The van der Waals surface area contributed by atoms with Gasteiger partial charge in [0, 0.05) is 54.8 Å². The topological polar surface area (TPSA) is 98.1 Å². The average Bonchev–Trinajstić information content (AvgIpc) is 2.68. The molecule has 0 aliphatic rings. The minimum absolute atomic E-state index is 0.0228. The van der Waals surface area contributed by atoms with Crippen LogP contribution in [0.1, 0.15) is 53.0 Å². The van der Waals surface area contributed by atoms with Crippen molar-refractivity contribution in [2.45, 2.75) is 59.7 Å². The lowest BCUT2D eigenvalue weighted by Gasteiger charge is -2.21. The molecule has 0 saturated heterocycles. The number of alkyl carbamates (subject to hydrolysis) is 1. The normalized spacial score (nSPS) is 11.3. The number of amides is 1. The minimum Gasteiger partial charge on any atom is -0.461 e. The summed E-state index contributed by atoms with van der Waals surface area (Å²) in [6.45, 7) is 11.4. The number of esters is 1. The number of carbonyl (C=O) groups is 2. The van der Waals surface area contributed by atoms with Gasteiger partial charge >= 0.3 is 17.7 Å². The number of benzene rings is 1. The number of anilines is 1. The third-order valence-electron chi connectivity index (χ3n) is 4.56. The van der Waals surface area contributed by atoms with Gasteiger partial charge in [0.15, 0.2) is 0 Å². The molecule has 0 saturated carbocycles. The molecule has 1 aromatic heterocycles. The fourth-order valence-corrected chi connectivity index (χ4v) is 3.09. The van der Waals surface area contributed by atoms with E-state index in [0.717, 1.165) is 24.2 Å². The summed E-state index contributed by atoms with van der Waals surface area (Å²) in [7, 11) is 0. The van der Waals surface area contributed by atoms with Gasteiger partial charge in [-0.25, -0.2) is 9.59 Å². The van der Waals surface area contributed by atoms with Crippen LogP contribution in [0.2, 0.25) is 0 Å². The van der Waals surface area contributed by atoms with Gasteiger partial charge in [0.05, 0.1) is 0 Å². The summed E-state index contributed by atoms with van der Waals surface area (Å²) in [6, 6.07) is 7.01. The van der Waals surface area contributed by atoms with E-state index in [1.165, 1.54) is 6.07 Å². The maximum Gasteiger partial charge on any atom is 0.407 e. The summed E-state index contributed by atoms with van der Waals surface area (Å²) in [5.41, 5.74) is 0.964. The summed E-state index contributed by atoms with van der Waals surface area (Å²) >= 11 is 0. The highest BCUT2D eigenvalue weighted by Gasteiger charge is 2.16. The Balaban J connectivity index is 1.92. The maximum atomic E-state index is 12.1. The number of ether oxygens (including phenoxy) is 2. The zero-order valence-electron chi connectivity index (χ0n) is 18.9. The number of nitrogens with one attached hydrogen (secondary N) is 1. The van der Waals surface area contributed by atoms with E-state index >= 15 is 0 Å².